The molecule has 3 heteroatoms. The summed E-state index contributed by atoms with van der Waals surface area (Å²) in [6.07, 6.45) is 0. The number of halogens is 1. The minimum Gasteiger partial charge on any atom is -0.398 e. The van der Waals surface area contributed by atoms with Crippen molar-refractivity contribution in [2.45, 2.75) is 29.6 Å². The zero-order chi connectivity index (χ0) is 13.1. The van der Waals surface area contributed by atoms with E-state index in [0.717, 1.165) is 9.79 Å². The lowest BCUT2D eigenvalue weighted by Gasteiger charge is -2.08. The van der Waals surface area contributed by atoms with Gasteiger partial charge >= 0.3 is 0 Å². The fraction of sp³-hybridized carbons (Fsp3) is 0.200. The topological polar surface area (TPSA) is 26.0 Å². The molecule has 0 radical (unpaired) electrons. The van der Waals surface area contributed by atoms with Crippen LogP contribution < -0.4 is 5.73 Å². The Bertz CT molecular complexity index is 535. The van der Waals surface area contributed by atoms with Gasteiger partial charge in [0.05, 0.1) is 0 Å². The van der Waals surface area contributed by atoms with Gasteiger partial charge in [-0.3, -0.25) is 0 Å². The molecule has 18 heavy (non-hydrogen) atoms. The van der Waals surface area contributed by atoms with Gasteiger partial charge in [-0.05, 0) is 41.8 Å². The monoisotopic (exact) mass is 261 g/mol. The van der Waals surface area contributed by atoms with Crippen LogP contribution in [0.3, 0.4) is 0 Å². The maximum atomic E-state index is 12.9. The van der Waals surface area contributed by atoms with Crippen molar-refractivity contribution in [2.75, 3.05) is 5.73 Å². The van der Waals surface area contributed by atoms with E-state index in [2.05, 4.69) is 38.1 Å². The summed E-state index contributed by atoms with van der Waals surface area (Å²) in [6, 6.07) is 12.9. The average Bonchev–Trinajstić information content (AvgIpc) is 2.33. The average molecular weight is 261 g/mol. The van der Waals surface area contributed by atoms with Gasteiger partial charge in [0.15, 0.2) is 0 Å². The van der Waals surface area contributed by atoms with Crippen molar-refractivity contribution in [3.63, 3.8) is 0 Å². The lowest BCUT2D eigenvalue weighted by Crippen LogP contribution is -1.90. The van der Waals surface area contributed by atoms with E-state index in [9.17, 15) is 4.39 Å². The molecule has 0 aromatic heterocycles. The van der Waals surface area contributed by atoms with Gasteiger partial charge in [0.25, 0.3) is 0 Å². The summed E-state index contributed by atoms with van der Waals surface area (Å²) in [7, 11) is 0. The molecular weight excluding hydrogens is 245 g/mol. The van der Waals surface area contributed by atoms with E-state index in [-0.39, 0.29) is 5.82 Å². The maximum absolute atomic E-state index is 12.9. The molecule has 0 aliphatic rings. The predicted molar refractivity (Wildman–Crippen MR) is 75.5 cm³/mol. The molecule has 0 atom stereocenters. The quantitative estimate of drug-likeness (QED) is 0.812. The minimum absolute atomic E-state index is 0.299. The number of anilines is 1. The molecule has 0 heterocycles. The van der Waals surface area contributed by atoms with E-state index in [1.165, 1.54) is 17.7 Å². The van der Waals surface area contributed by atoms with Crippen molar-refractivity contribution in [3.8, 4) is 0 Å². The van der Waals surface area contributed by atoms with Crippen molar-refractivity contribution in [2.24, 2.45) is 0 Å². The standard InChI is InChI=1S/C15H16FNS/c1-10(2)11-3-6-13(7-4-11)18-15-8-5-12(16)9-14(15)17/h3-10H,17H2,1-2H3. The van der Waals surface area contributed by atoms with Crippen LogP contribution in [0.1, 0.15) is 25.3 Å². The Morgan fingerprint density at radius 2 is 1.72 bits per heavy atom. The molecule has 0 aliphatic carbocycles. The second-order valence-corrected chi connectivity index (χ2v) is 5.62. The van der Waals surface area contributed by atoms with Crippen LogP contribution in [0.5, 0.6) is 0 Å². The molecular formula is C15H16FNS. The normalized spacial score (nSPS) is 10.9. The summed E-state index contributed by atoms with van der Waals surface area (Å²) in [5.74, 6) is 0.229. The van der Waals surface area contributed by atoms with Crippen LogP contribution in [0, 0.1) is 5.82 Å². The molecule has 0 saturated heterocycles. The first-order valence-corrected chi connectivity index (χ1v) is 6.71. The predicted octanol–water partition coefficient (Wildman–Crippen LogP) is 4.68. The largest absolute Gasteiger partial charge is 0.398 e. The number of nitrogen functional groups attached to an aromatic ring is 1. The van der Waals surface area contributed by atoms with Crippen LogP contribution >= 0.6 is 11.8 Å². The summed E-state index contributed by atoms with van der Waals surface area (Å²) < 4.78 is 12.9. The molecule has 2 N–H and O–H groups in total. The summed E-state index contributed by atoms with van der Waals surface area (Å²) >= 11 is 1.55. The minimum atomic E-state index is -0.299. The molecule has 0 aliphatic heterocycles. The Balaban J connectivity index is 2.18. The lowest BCUT2D eigenvalue weighted by atomic mass is 10.0. The second-order valence-electron chi connectivity index (χ2n) is 4.51. The highest BCUT2D eigenvalue weighted by Crippen LogP contribution is 2.32. The van der Waals surface area contributed by atoms with E-state index in [0.29, 0.717) is 11.6 Å². The van der Waals surface area contributed by atoms with E-state index in [1.807, 2.05) is 0 Å². The van der Waals surface area contributed by atoms with E-state index in [4.69, 9.17) is 5.73 Å². The third kappa shape index (κ3) is 3.05. The molecule has 0 spiro atoms. The Morgan fingerprint density at radius 3 is 2.28 bits per heavy atom. The van der Waals surface area contributed by atoms with Crippen LogP contribution in [-0.4, -0.2) is 0 Å². The third-order valence-corrected chi connectivity index (χ3v) is 3.85. The van der Waals surface area contributed by atoms with Crippen LogP contribution in [0.25, 0.3) is 0 Å². The van der Waals surface area contributed by atoms with Gasteiger partial charge in [-0.2, -0.15) is 0 Å². The summed E-state index contributed by atoms with van der Waals surface area (Å²) in [5, 5.41) is 0. The number of rotatable bonds is 3. The molecule has 0 amide bonds. The number of benzene rings is 2. The van der Waals surface area contributed by atoms with Gasteiger partial charge in [0.2, 0.25) is 0 Å². The van der Waals surface area contributed by atoms with Gasteiger partial charge in [-0.15, -0.1) is 0 Å². The Kier molecular flexibility index (Phi) is 3.92. The Labute approximate surface area is 111 Å². The highest BCUT2D eigenvalue weighted by molar-refractivity contribution is 7.99. The van der Waals surface area contributed by atoms with Gasteiger partial charge < -0.3 is 5.73 Å². The van der Waals surface area contributed by atoms with Crippen molar-refractivity contribution in [1.29, 1.82) is 0 Å². The molecule has 1 nitrogen and oxygen atoms in total. The molecule has 94 valence electrons. The van der Waals surface area contributed by atoms with Gasteiger partial charge in [-0.25, -0.2) is 4.39 Å². The first-order chi connectivity index (χ1) is 8.56. The first-order valence-electron chi connectivity index (χ1n) is 5.89. The van der Waals surface area contributed by atoms with E-state index in [1.54, 1.807) is 17.8 Å². The molecule has 2 aromatic rings. The summed E-state index contributed by atoms with van der Waals surface area (Å²) in [5.41, 5.74) is 7.58. The molecule has 0 bridgehead atoms. The Hall–Kier alpha value is -1.48. The van der Waals surface area contributed by atoms with Crippen LogP contribution in [-0.2, 0) is 0 Å². The fourth-order valence-corrected chi connectivity index (χ4v) is 2.50. The number of hydrogen-bond acceptors (Lipinski definition) is 2. The molecule has 0 unspecified atom stereocenters. The van der Waals surface area contributed by atoms with Crippen molar-refractivity contribution >= 4 is 17.4 Å². The zero-order valence-corrected chi connectivity index (χ0v) is 11.3. The maximum Gasteiger partial charge on any atom is 0.125 e. The highest BCUT2D eigenvalue weighted by atomic mass is 32.2. The van der Waals surface area contributed by atoms with Crippen LogP contribution in [0.15, 0.2) is 52.3 Å². The molecule has 0 fully saturated rings. The van der Waals surface area contributed by atoms with E-state index >= 15 is 0 Å². The summed E-state index contributed by atoms with van der Waals surface area (Å²) in [4.78, 5) is 1.99. The smallest absolute Gasteiger partial charge is 0.125 e. The fourth-order valence-electron chi connectivity index (χ4n) is 1.66. The SMILES string of the molecule is CC(C)c1ccc(Sc2ccc(F)cc2N)cc1. The van der Waals surface area contributed by atoms with Crippen molar-refractivity contribution in [3.05, 3.63) is 53.8 Å². The van der Waals surface area contributed by atoms with Crippen molar-refractivity contribution < 1.29 is 4.39 Å². The lowest BCUT2D eigenvalue weighted by molar-refractivity contribution is 0.627. The van der Waals surface area contributed by atoms with Gasteiger partial charge in [0, 0.05) is 15.5 Å². The van der Waals surface area contributed by atoms with Crippen LogP contribution in [0.2, 0.25) is 0 Å². The van der Waals surface area contributed by atoms with Crippen LogP contribution in [0.4, 0.5) is 10.1 Å². The molecule has 0 saturated carbocycles. The van der Waals surface area contributed by atoms with E-state index < -0.39 is 0 Å². The van der Waals surface area contributed by atoms with Gasteiger partial charge in [0.1, 0.15) is 5.82 Å². The van der Waals surface area contributed by atoms with Crippen molar-refractivity contribution in [1.82, 2.24) is 0 Å². The zero-order valence-electron chi connectivity index (χ0n) is 10.5. The number of hydrogen-bond donors (Lipinski definition) is 1. The second kappa shape index (κ2) is 5.44. The molecule has 2 aromatic carbocycles. The number of nitrogens with two attached hydrogens (primary N) is 1. The molecule has 2 rings (SSSR count). The highest BCUT2D eigenvalue weighted by Gasteiger charge is 2.04. The third-order valence-electron chi connectivity index (χ3n) is 2.75. The Morgan fingerprint density at radius 1 is 1.06 bits per heavy atom. The van der Waals surface area contributed by atoms with Gasteiger partial charge in [-0.1, -0.05) is 37.7 Å². The first kappa shape index (κ1) is 13.0. The summed E-state index contributed by atoms with van der Waals surface area (Å²) in [6.45, 7) is 4.33.